The van der Waals surface area contributed by atoms with Crippen molar-refractivity contribution >= 4 is 42.3 Å². The summed E-state index contributed by atoms with van der Waals surface area (Å²) in [5.41, 5.74) is -0.525. The van der Waals surface area contributed by atoms with E-state index in [-0.39, 0.29) is 28.0 Å². The second-order valence-corrected chi connectivity index (χ2v) is 10.6. The minimum absolute atomic E-state index is 0.0901. The van der Waals surface area contributed by atoms with Crippen molar-refractivity contribution < 1.29 is 27.9 Å². The zero-order valence-corrected chi connectivity index (χ0v) is 20.6. The third-order valence-corrected chi connectivity index (χ3v) is 7.97. The van der Waals surface area contributed by atoms with Crippen molar-refractivity contribution in [2.75, 3.05) is 0 Å². The molecule has 2 aliphatic rings. The fraction of sp³-hybridized carbons (Fsp3) is 0.440. The van der Waals surface area contributed by atoms with Gasteiger partial charge >= 0.3 is 5.97 Å². The second kappa shape index (κ2) is 10.6. The molecule has 1 amide bonds. The SMILES string of the molecule is CCc1cc(/C=C2\SC(S)N(C3CCCCCCC3)C2=O)oc1-c1ccc(F)c(C(=O)O)c1F. The standard InChI is InChI=1S/C25H27F2NO4S2/c1-2-14-12-16(32-22(14)17-10-11-18(26)20(21(17)27)24(30)31)13-19-23(29)28(25(33)34-19)15-8-6-4-3-5-7-9-15/h10-13,15,25,33H,2-9H2,1H3,(H,30,31)/b19-13-. The number of aryl methyl sites for hydroxylation is 1. The Morgan fingerprint density at radius 3 is 2.56 bits per heavy atom. The molecule has 9 heteroatoms. The van der Waals surface area contributed by atoms with Crippen LogP contribution >= 0.6 is 24.4 Å². The first-order valence-corrected chi connectivity index (χ1v) is 12.9. The van der Waals surface area contributed by atoms with Crippen LogP contribution in [0.4, 0.5) is 8.78 Å². The zero-order chi connectivity index (χ0) is 24.4. The number of halogens is 2. The minimum atomic E-state index is -1.69. The molecule has 4 rings (SSSR count). The van der Waals surface area contributed by atoms with Crippen LogP contribution in [0.2, 0.25) is 0 Å². The molecule has 1 unspecified atom stereocenters. The molecule has 1 aromatic heterocycles. The lowest BCUT2D eigenvalue weighted by Gasteiger charge is -2.31. The number of carboxylic acid groups (broad SMARTS) is 1. The van der Waals surface area contributed by atoms with Crippen molar-refractivity contribution in [3.05, 3.63) is 51.6 Å². The van der Waals surface area contributed by atoms with E-state index in [1.807, 2.05) is 11.8 Å². The molecule has 2 aromatic rings. The number of nitrogens with zero attached hydrogens (tertiary/aromatic N) is 1. The van der Waals surface area contributed by atoms with Crippen LogP contribution in [0.15, 0.2) is 27.5 Å². The van der Waals surface area contributed by atoms with Gasteiger partial charge in [-0.2, -0.15) is 0 Å². The summed E-state index contributed by atoms with van der Waals surface area (Å²) >= 11 is 6.01. The average Bonchev–Trinajstić information content (AvgIpc) is 3.28. The predicted octanol–water partition coefficient (Wildman–Crippen LogP) is 6.73. The highest BCUT2D eigenvalue weighted by Gasteiger charge is 2.38. The van der Waals surface area contributed by atoms with Crippen LogP contribution < -0.4 is 0 Å². The van der Waals surface area contributed by atoms with Crippen molar-refractivity contribution in [2.24, 2.45) is 0 Å². The number of benzene rings is 1. The molecule has 1 aromatic carbocycles. The van der Waals surface area contributed by atoms with Gasteiger partial charge in [0.15, 0.2) is 5.82 Å². The van der Waals surface area contributed by atoms with Gasteiger partial charge in [-0.25, -0.2) is 13.6 Å². The highest BCUT2D eigenvalue weighted by molar-refractivity contribution is 8.14. The van der Waals surface area contributed by atoms with Gasteiger partial charge in [0, 0.05) is 12.1 Å². The van der Waals surface area contributed by atoms with Gasteiger partial charge in [-0.15, -0.1) is 12.6 Å². The topological polar surface area (TPSA) is 70.8 Å². The van der Waals surface area contributed by atoms with Crippen LogP contribution in [-0.2, 0) is 11.2 Å². The number of hydrogen-bond acceptors (Lipinski definition) is 5. The highest BCUT2D eigenvalue weighted by Crippen LogP contribution is 2.42. The van der Waals surface area contributed by atoms with E-state index < -0.39 is 23.2 Å². The van der Waals surface area contributed by atoms with Gasteiger partial charge in [-0.05, 0) is 43.0 Å². The number of amides is 1. The molecule has 0 bridgehead atoms. The molecule has 2 heterocycles. The number of hydrogen-bond donors (Lipinski definition) is 2. The van der Waals surface area contributed by atoms with Crippen LogP contribution in [0, 0.1) is 11.6 Å². The highest BCUT2D eigenvalue weighted by atomic mass is 32.2. The van der Waals surface area contributed by atoms with Gasteiger partial charge < -0.3 is 14.4 Å². The summed E-state index contributed by atoms with van der Waals surface area (Å²) in [6.45, 7) is 1.85. The van der Waals surface area contributed by atoms with Gasteiger partial charge in [0.25, 0.3) is 5.91 Å². The summed E-state index contributed by atoms with van der Waals surface area (Å²) in [5, 5.41) is 9.19. The van der Waals surface area contributed by atoms with Crippen molar-refractivity contribution in [2.45, 2.75) is 69.0 Å². The lowest BCUT2D eigenvalue weighted by Crippen LogP contribution is -2.40. The Bertz CT molecular complexity index is 1120. The Morgan fingerprint density at radius 2 is 1.91 bits per heavy atom. The van der Waals surface area contributed by atoms with E-state index in [1.54, 1.807) is 12.1 Å². The molecule has 2 fully saturated rings. The fourth-order valence-corrected chi connectivity index (χ4v) is 6.30. The number of carbonyl (C=O) groups excluding carboxylic acids is 1. The van der Waals surface area contributed by atoms with Gasteiger partial charge in [0.1, 0.15) is 27.6 Å². The van der Waals surface area contributed by atoms with Crippen molar-refractivity contribution in [1.29, 1.82) is 0 Å². The molecule has 1 aliphatic heterocycles. The Labute approximate surface area is 207 Å². The van der Waals surface area contributed by atoms with Crippen LogP contribution in [0.5, 0.6) is 0 Å². The maximum absolute atomic E-state index is 14.9. The first-order chi connectivity index (χ1) is 16.3. The maximum Gasteiger partial charge on any atom is 0.341 e. The van der Waals surface area contributed by atoms with Gasteiger partial charge in [0.2, 0.25) is 0 Å². The van der Waals surface area contributed by atoms with Gasteiger partial charge in [0.05, 0.1) is 10.5 Å². The quantitative estimate of drug-likeness (QED) is 0.347. The fourth-order valence-electron chi connectivity index (χ4n) is 4.67. The van der Waals surface area contributed by atoms with Gasteiger partial charge in [-0.3, -0.25) is 4.79 Å². The third-order valence-electron chi connectivity index (χ3n) is 6.42. The van der Waals surface area contributed by atoms with E-state index in [1.165, 1.54) is 37.1 Å². The van der Waals surface area contributed by atoms with E-state index in [0.717, 1.165) is 31.7 Å². The van der Waals surface area contributed by atoms with Crippen molar-refractivity contribution in [3.8, 4) is 11.3 Å². The molecule has 34 heavy (non-hydrogen) atoms. The predicted molar refractivity (Wildman–Crippen MR) is 132 cm³/mol. The summed E-state index contributed by atoms with van der Waals surface area (Å²) < 4.78 is 34.3. The number of rotatable bonds is 5. The molecule has 1 aliphatic carbocycles. The monoisotopic (exact) mass is 507 g/mol. The molecule has 182 valence electrons. The largest absolute Gasteiger partial charge is 0.477 e. The molecule has 0 radical (unpaired) electrons. The molecular weight excluding hydrogens is 480 g/mol. The molecule has 5 nitrogen and oxygen atoms in total. The summed E-state index contributed by atoms with van der Waals surface area (Å²) in [5.74, 6) is -3.64. The number of thiol groups is 1. The average molecular weight is 508 g/mol. The van der Waals surface area contributed by atoms with E-state index in [0.29, 0.717) is 22.6 Å². The first kappa shape index (κ1) is 24.9. The van der Waals surface area contributed by atoms with Crippen LogP contribution in [0.3, 0.4) is 0 Å². The summed E-state index contributed by atoms with van der Waals surface area (Å²) in [6.07, 6.45) is 9.85. The number of carboxylic acids is 1. The van der Waals surface area contributed by atoms with E-state index >= 15 is 0 Å². The first-order valence-electron chi connectivity index (χ1n) is 11.5. The Morgan fingerprint density at radius 1 is 1.24 bits per heavy atom. The summed E-state index contributed by atoms with van der Waals surface area (Å²) in [6, 6.07) is 3.94. The minimum Gasteiger partial charge on any atom is -0.477 e. The zero-order valence-electron chi connectivity index (χ0n) is 18.9. The number of thioether (sulfide) groups is 1. The number of aromatic carboxylic acids is 1. The molecule has 1 saturated carbocycles. The van der Waals surface area contributed by atoms with E-state index in [4.69, 9.17) is 4.42 Å². The Kier molecular flexibility index (Phi) is 7.72. The molecule has 0 spiro atoms. The van der Waals surface area contributed by atoms with Crippen molar-refractivity contribution in [1.82, 2.24) is 4.90 Å². The third kappa shape index (κ3) is 4.91. The smallest absolute Gasteiger partial charge is 0.341 e. The lowest BCUT2D eigenvalue weighted by atomic mass is 9.96. The van der Waals surface area contributed by atoms with Crippen LogP contribution in [-0.4, -0.2) is 32.6 Å². The van der Waals surface area contributed by atoms with Crippen LogP contribution in [0.1, 0.15) is 73.6 Å². The van der Waals surface area contributed by atoms with Crippen molar-refractivity contribution in [3.63, 3.8) is 0 Å². The maximum atomic E-state index is 14.9. The van der Waals surface area contributed by atoms with E-state index in [2.05, 4.69) is 12.6 Å². The summed E-state index contributed by atoms with van der Waals surface area (Å²) in [7, 11) is 0. The summed E-state index contributed by atoms with van der Waals surface area (Å²) in [4.78, 5) is 26.9. The Hall–Kier alpha value is -2.26. The molecule has 1 saturated heterocycles. The molecule has 1 N–H and O–H groups in total. The normalized spacial score (nSPS) is 21.2. The number of carbonyl (C=O) groups is 2. The Balaban J connectivity index is 1.64. The molecular formula is C25H27F2NO4S2. The van der Waals surface area contributed by atoms with E-state index in [9.17, 15) is 23.5 Å². The van der Waals surface area contributed by atoms with Gasteiger partial charge in [-0.1, -0.05) is 50.8 Å². The second-order valence-electron chi connectivity index (χ2n) is 8.61. The van der Waals surface area contributed by atoms with Crippen LogP contribution in [0.25, 0.3) is 17.4 Å². The molecule has 1 atom stereocenters. The lowest BCUT2D eigenvalue weighted by molar-refractivity contribution is -0.127. The number of furan rings is 1.